The van der Waals surface area contributed by atoms with Crippen molar-refractivity contribution in [2.24, 2.45) is 0 Å². The molecule has 2 aliphatic heterocycles. The van der Waals surface area contributed by atoms with Crippen molar-refractivity contribution in [1.82, 2.24) is 14.8 Å². The van der Waals surface area contributed by atoms with Gasteiger partial charge in [0, 0.05) is 51.4 Å². The zero-order chi connectivity index (χ0) is 13.9. The first-order valence-corrected chi connectivity index (χ1v) is 7.47. The molecule has 1 aromatic heterocycles. The summed E-state index contributed by atoms with van der Waals surface area (Å²) in [7, 11) is 0. The van der Waals surface area contributed by atoms with Crippen molar-refractivity contribution in [2.45, 2.75) is 32.4 Å². The van der Waals surface area contributed by atoms with Gasteiger partial charge in [-0.15, -0.1) is 0 Å². The Morgan fingerprint density at radius 1 is 1.40 bits per heavy atom. The van der Waals surface area contributed by atoms with Crippen molar-refractivity contribution >= 4 is 11.7 Å². The summed E-state index contributed by atoms with van der Waals surface area (Å²) in [4.78, 5) is 20.6. The lowest BCUT2D eigenvalue weighted by Crippen LogP contribution is -2.50. The molecule has 0 aromatic carbocycles. The monoisotopic (exact) mass is 274 g/mol. The van der Waals surface area contributed by atoms with Gasteiger partial charge in [-0.3, -0.25) is 9.69 Å². The van der Waals surface area contributed by atoms with E-state index in [4.69, 9.17) is 0 Å². The van der Waals surface area contributed by atoms with Crippen LogP contribution in [-0.2, 0) is 11.3 Å². The number of fused-ring (bicyclic) bond motifs is 1. The summed E-state index contributed by atoms with van der Waals surface area (Å²) in [5.41, 5.74) is 1.24. The van der Waals surface area contributed by atoms with Gasteiger partial charge in [-0.25, -0.2) is 4.98 Å². The highest BCUT2D eigenvalue weighted by Crippen LogP contribution is 2.23. The van der Waals surface area contributed by atoms with E-state index in [-0.39, 0.29) is 0 Å². The summed E-state index contributed by atoms with van der Waals surface area (Å²) < 4.78 is 0. The van der Waals surface area contributed by atoms with Gasteiger partial charge < -0.3 is 10.2 Å². The van der Waals surface area contributed by atoms with Gasteiger partial charge in [0.2, 0.25) is 5.91 Å². The minimum absolute atomic E-state index is 0.339. The molecule has 1 aromatic rings. The third-order valence-electron chi connectivity index (χ3n) is 4.17. The molecule has 1 atom stereocenters. The predicted molar refractivity (Wildman–Crippen MR) is 78.4 cm³/mol. The fourth-order valence-corrected chi connectivity index (χ4v) is 3.13. The van der Waals surface area contributed by atoms with E-state index in [9.17, 15) is 4.79 Å². The number of pyridine rings is 1. The Labute approximate surface area is 120 Å². The highest BCUT2D eigenvalue weighted by molar-refractivity contribution is 5.78. The predicted octanol–water partition coefficient (Wildman–Crippen LogP) is 1.32. The lowest BCUT2D eigenvalue weighted by Gasteiger charge is -2.37. The fourth-order valence-electron chi connectivity index (χ4n) is 3.13. The first kappa shape index (κ1) is 13.4. The lowest BCUT2D eigenvalue weighted by molar-refractivity contribution is -0.130. The van der Waals surface area contributed by atoms with Gasteiger partial charge in [0.15, 0.2) is 0 Å². The number of hydrogen-bond acceptors (Lipinski definition) is 4. The average molecular weight is 274 g/mol. The smallest absolute Gasteiger partial charge is 0.222 e. The van der Waals surface area contributed by atoms with Gasteiger partial charge >= 0.3 is 0 Å². The zero-order valence-corrected chi connectivity index (χ0v) is 12.0. The van der Waals surface area contributed by atoms with Crippen LogP contribution in [0.5, 0.6) is 0 Å². The summed E-state index contributed by atoms with van der Waals surface area (Å²) in [6.07, 6.45) is 3.70. The van der Waals surface area contributed by atoms with Gasteiger partial charge in [0.1, 0.15) is 5.82 Å². The fraction of sp³-hybridized carbons (Fsp3) is 0.600. The molecule has 5 nitrogen and oxygen atoms in total. The van der Waals surface area contributed by atoms with E-state index in [1.165, 1.54) is 5.56 Å². The van der Waals surface area contributed by atoms with Gasteiger partial charge in [0.25, 0.3) is 0 Å². The van der Waals surface area contributed by atoms with Crippen LogP contribution in [0.3, 0.4) is 0 Å². The molecule has 1 N–H and O–H groups in total. The molecule has 1 amide bonds. The second-order valence-electron chi connectivity index (χ2n) is 5.60. The van der Waals surface area contributed by atoms with Gasteiger partial charge in [-0.2, -0.15) is 0 Å². The third-order valence-corrected chi connectivity index (χ3v) is 4.17. The van der Waals surface area contributed by atoms with Crippen LogP contribution < -0.4 is 5.32 Å². The number of nitrogens with zero attached hydrogens (tertiary/aromatic N) is 3. The largest absolute Gasteiger partial charge is 0.370 e. The maximum absolute atomic E-state index is 11.7. The molecule has 3 heterocycles. The zero-order valence-electron chi connectivity index (χ0n) is 12.0. The number of nitrogens with one attached hydrogen (secondary N) is 1. The molecule has 2 fully saturated rings. The highest BCUT2D eigenvalue weighted by atomic mass is 16.2. The van der Waals surface area contributed by atoms with Crippen LogP contribution in [0, 0.1) is 0 Å². The number of piperazine rings is 1. The molecular formula is C15H22N4O. The highest BCUT2D eigenvalue weighted by Gasteiger charge is 2.35. The molecule has 0 radical (unpaired) electrons. The lowest BCUT2D eigenvalue weighted by atomic mass is 10.1. The first-order valence-electron chi connectivity index (χ1n) is 7.47. The molecule has 0 bridgehead atoms. The van der Waals surface area contributed by atoms with E-state index >= 15 is 0 Å². The Hall–Kier alpha value is -1.62. The van der Waals surface area contributed by atoms with Crippen molar-refractivity contribution in [1.29, 1.82) is 0 Å². The van der Waals surface area contributed by atoms with E-state index in [1.54, 1.807) is 0 Å². The summed E-state index contributed by atoms with van der Waals surface area (Å²) in [5, 5.41) is 3.20. The van der Waals surface area contributed by atoms with Crippen molar-refractivity contribution in [3.05, 3.63) is 23.9 Å². The van der Waals surface area contributed by atoms with E-state index in [0.717, 1.165) is 51.4 Å². The molecule has 108 valence electrons. The van der Waals surface area contributed by atoms with Crippen LogP contribution in [0.15, 0.2) is 18.3 Å². The second kappa shape index (κ2) is 5.79. The third kappa shape index (κ3) is 2.77. The van der Waals surface area contributed by atoms with Gasteiger partial charge in [0.05, 0.1) is 0 Å². The number of rotatable bonds is 4. The Morgan fingerprint density at radius 3 is 3.05 bits per heavy atom. The number of aromatic nitrogens is 1. The quantitative estimate of drug-likeness (QED) is 0.899. The number of carbonyl (C=O) groups excluding carboxylic acids is 1. The summed E-state index contributed by atoms with van der Waals surface area (Å²) in [6.45, 7) is 6.74. The maximum atomic E-state index is 11.7. The Balaban J connectivity index is 1.57. The van der Waals surface area contributed by atoms with E-state index < -0.39 is 0 Å². The van der Waals surface area contributed by atoms with Crippen molar-refractivity contribution in [3.8, 4) is 0 Å². The Morgan fingerprint density at radius 2 is 2.30 bits per heavy atom. The van der Waals surface area contributed by atoms with E-state index in [1.807, 2.05) is 12.3 Å². The molecule has 5 heteroatoms. The average Bonchev–Trinajstić information content (AvgIpc) is 2.83. The van der Waals surface area contributed by atoms with Crippen LogP contribution in [0.1, 0.15) is 25.3 Å². The van der Waals surface area contributed by atoms with Crippen LogP contribution in [0.4, 0.5) is 5.82 Å². The molecule has 0 aliphatic carbocycles. The molecule has 2 aliphatic rings. The Bertz CT molecular complexity index is 473. The second-order valence-corrected chi connectivity index (χ2v) is 5.60. The molecule has 0 spiro atoms. The Kier molecular flexibility index (Phi) is 3.87. The van der Waals surface area contributed by atoms with Crippen LogP contribution in [0.2, 0.25) is 0 Å². The molecule has 3 rings (SSSR count). The molecule has 1 unspecified atom stereocenters. The molecular weight excluding hydrogens is 252 g/mol. The standard InChI is InChI=1S/C15H22N4O/c1-2-16-14-5-3-12(9-17-14)10-18-7-8-19-13(11-18)4-6-15(19)20/h3,5,9,13H,2,4,6-8,10-11H2,1H3,(H,16,17). The van der Waals surface area contributed by atoms with Crippen LogP contribution >= 0.6 is 0 Å². The summed E-state index contributed by atoms with van der Waals surface area (Å²) >= 11 is 0. The number of anilines is 1. The summed E-state index contributed by atoms with van der Waals surface area (Å²) in [5.74, 6) is 1.27. The van der Waals surface area contributed by atoms with Crippen LogP contribution in [0.25, 0.3) is 0 Å². The van der Waals surface area contributed by atoms with Crippen molar-refractivity contribution < 1.29 is 4.79 Å². The van der Waals surface area contributed by atoms with Gasteiger partial charge in [-0.1, -0.05) is 6.07 Å². The van der Waals surface area contributed by atoms with Crippen molar-refractivity contribution in [3.63, 3.8) is 0 Å². The normalized spacial score (nSPS) is 22.9. The molecule has 0 saturated carbocycles. The summed E-state index contributed by atoms with van der Waals surface area (Å²) in [6, 6.07) is 4.61. The van der Waals surface area contributed by atoms with E-state index in [0.29, 0.717) is 11.9 Å². The van der Waals surface area contributed by atoms with E-state index in [2.05, 4.69) is 33.1 Å². The minimum atomic E-state index is 0.339. The van der Waals surface area contributed by atoms with Gasteiger partial charge in [-0.05, 0) is 25.0 Å². The molecule has 2 saturated heterocycles. The van der Waals surface area contributed by atoms with Crippen molar-refractivity contribution in [2.75, 3.05) is 31.5 Å². The topological polar surface area (TPSA) is 48.5 Å². The molecule has 20 heavy (non-hydrogen) atoms. The maximum Gasteiger partial charge on any atom is 0.222 e. The number of hydrogen-bond donors (Lipinski definition) is 1. The minimum Gasteiger partial charge on any atom is -0.370 e. The first-order chi connectivity index (χ1) is 9.76. The van der Waals surface area contributed by atoms with Crippen LogP contribution in [-0.4, -0.2) is 52.9 Å². The number of amides is 1. The SMILES string of the molecule is CCNc1ccc(CN2CCN3C(=O)CCC3C2)cn1. The number of carbonyl (C=O) groups is 1.